The molecule has 1 fully saturated rings. The number of aryl methyl sites for hydroxylation is 1. The average molecular weight is 756 g/mol. The van der Waals surface area contributed by atoms with Crippen LogP contribution in [0.1, 0.15) is 58.7 Å². The molecule has 1 aromatic carbocycles. The van der Waals surface area contributed by atoms with Crippen LogP contribution >= 0.6 is 15.9 Å². The highest BCUT2D eigenvalue weighted by Gasteiger charge is 2.56. The van der Waals surface area contributed by atoms with E-state index in [1.165, 1.54) is 37.1 Å². The normalized spacial score (nSPS) is 18.8. The minimum absolute atomic E-state index is 0.00293. The zero-order valence-corrected chi connectivity index (χ0v) is 29.4. The van der Waals surface area contributed by atoms with Gasteiger partial charge in [-0.3, -0.25) is 19.4 Å². The third-order valence-corrected chi connectivity index (χ3v) is 8.70. The number of alkyl halides is 3. The number of likely N-dealkylation sites (tertiary alicyclic amines) is 1. The van der Waals surface area contributed by atoms with E-state index in [9.17, 15) is 36.7 Å². The van der Waals surface area contributed by atoms with Crippen LogP contribution < -0.4 is 10.6 Å². The second-order valence-corrected chi connectivity index (χ2v) is 14.5. The number of hydrazone groups is 1. The summed E-state index contributed by atoms with van der Waals surface area (Å²) in [4.78, 5) is 59.7. The Morgan fingerprint density at radius 3 is 2.43 bits per heavy atom. The number of rotatable bonds is 10. The van der Waals surface area contributed by atoms with E-state index in [2.05, 4.69) is 36.6 Å². The summed E-state index contributed by atoms with van der Waals surface area (Å²) in [5.74, 6) is -2.76. The van der Waals surface area contributed by atoms with Crippen LogP contribution in [0.15, 0.2) is 52.2 Å². The van der Waals surface area contributed by atoms with Crippen molar-refractivity contribution < 1.29 is 41.5 Å². The number of nitrogens with one attached hydrogen (secondary N) is 2. The van der Waals surface area contributed by atoms with Gasteiger partial charge in [-0.1, -0.05) is 12.1 Å². The number of hydrogen-bond donors (Lipinski definition) is 2. The fourth-order valence-corrected chi connectivity index (χ4v) is 5.95. The van der Waals surface area contributed by atoms with Gasteiger partial charge in [-0.15, -0.1) is 0 Å². The Morgan fingerprint density at radius 2 is 1.82 bits per heavy atom. The quantitative estimate of drug-likeness (QED) is 0.331. The van der Waals surface area contributed by atoms with E-state index >= 15 is 0 Å². The predicted octanol–water partition coefficient (Wildman–Crippen LogP) is 4.93. The van der Waals surface area contributed by atoms with Crippen LogP contribution in [0.4, 0.5) is 22.4 Å². The van der Waals surface area contributed by atoms with Crippen LogP contribution in [0.3, 0.4) is 0 Å². The molecule has 1 aromatic heterocycles. The first-order valence-corrected chi connectivity index (χ1v) is 16.4. The van der Waals surface area contributed by atoms with Crippen LogP contribution in [0, 0.1) is 11.2 Å². The van der Waals surface area contributed by atoms with E-state index in [1.54, 1.807) is 45.0 Å². The first-order chi connectivity index (χ1) is 22.7. The van der Waals surface area contributed by atoms with Gasteiger partial charge >= 0.3 is 12.3 Å². The van der Waals surface area contributed by atoms with Crippen molar-refractivity contribution >= 4 is 45.5 Å². The van der Waals surface area contributed by atoms with Crippen molar-refractivity contribution in [2.24, 2.45) is 10.5 Å². The molecule has 2 aliphatic rings. The van der Waals surface area contributed by atoms with Gasteiger partial charge in [0, 0.05) is 37.8 Å². The molecule has 1 saturated heterocycles. The average Bonchev–Trinajstić information content (AvgIpc) is 3.24. The Hall–Kier alpha value is -4.08. The number of hydrogen-bond acceptors (Lipinski definition) is 7. The number of pyridine rings is 1. The molecular weight excluding hydrogens is 716 g/mol. The number of nitrogens with zero attached hydrogens (tertiary/aromatic N) is 4. The van der Waals surface area contributed by atoms with E-state index < -0.39 is 64.9 Å². The molecule has 3 heterocycles. The number of ether oxygens (including phenoxy) is 1. The van der Waals surface area contributed by atoms with Crippen molar-refractivity contribution in [1.29, 1.82) is 0 Å². The number of aromatic nitrogens is 1. The Labute approximate surface area is 289 Å². The zero-order valence-electron chi connectivity index (χ0n) is 27.8. The standard InChI is InChI=1S/C33H39BrF4N6O5/c1-30(2,3)49-29(48)41-31(4,5)27(46)40-24(12-10-20-9-11-22(34)23(35)16-20)26(45)43-15-13-25-32(18-43,17-21-8-6-7-14-39-21)28(47)44(42-25)19-33(36,37)38/h6-9,11,14,16,24H,10,12-13,15,17-19H2,1-5H3,(H,40,46)(H,41,48)/t24?,32-/m1/s1. The maximum Gasteiger partial charge on any atom is 0.408 e. The summed E-state index contributed by atoms with van der Waals surface area (Å²) in [5, 5.41) is 9.66. The topological polar surface area (TPSA) is 133 Å². The smallest absolute Gasteiger partial charge is 0.408 e. The maximum atomic E-state index is 14.3. The van der Waals surface area contributed by atoms with E-state index in [0.29, 0.717) is 16.3 Å². The first kappa shape index (κ1) is 37.7. The molecule has 4 rings (SSSR count). The van der Waals surface area contributed by atoms with Gasteiger partial charge in [-0.25, -0.2) is 14.2 Å². The van der Waals surface area contributed by atoms with E-state index in [4.69, 9.17) is 4.74 Å². The minimum atomic E-state index is -4.71. The lowest BCUT2D eigenvalue weighted by Crippen LogP contribution is -2.62. The van der Waals surface area contributed by atoms with Crippen molar-refractivity contribution in [3.63, 3.8) is 0 Å². The predicted molar refractivity (Wildman–Crippen MR) is 175 cm³/mol. The van der Waals surface area contributed by atoms with Gasteiger partial charge in [0.1, 0.15) is 35.0 Å². The van der Waals surface area contributed by atoms with Gasteiger partial charge in [-0.05, 0) is 93.2 Å². The third kappa shape index (κ3) is 9.55. The summed E-state index contributed by atoms with van der Waals surface area (Å²) in [6.07, 6.45) is -4.04. The second kappa shape index (κ2) is 14.4. The number of piperidine rings is 1. The van der Waals surface area contributed by atoms with E-state index in [1.807, 2.05) is 0 Å². The fourth-order valence-electron chi connectivity index (χ4n) is 5.70. The van der Waals surface area contributed by atoms with Crippen molar-refractivity contribution in [1.82, 2.24) is 25.5 Å². The van der Waals surface area contributed by atoms with Gasteiger partial charge in [0.15, 0.2) is 0 Å². The van der Waals surface area contributed by atoms with Crippen LogP contribution in [-0.4, -0.2) is 87.4 Å². The Kier molecular flexibility index (Phi) is 11.1. The fraction of sp³-hybridized carbons (Fsp3) is 0.515. The molecule has 0 spiro atoms. The molecule has 0 radical (unpaired) electrons. The third-order valence-electron chi connectivity index (χ3n) is 8.06. The van der Waals surface area contributed by atoms with Gasteiger partial charge < -0.3 is 20.3 Å². The van der Waals surface area contributed by atoms with Crippen LogP contribution in [-0.2, 0) is 32.0 Å². The molecule has 49 heavy (non-hydrogen) atoms. The molecule has 0 saturated carbocycles. The van der Waals surface area contributed by atoms with Crippen LogP contribution in [0.25, 0.3) is 0 Å². The van der Waals surface area contributed by atoms with Gasteiger partial charge in [0.05, 0.1) is 10.2 Å². The van der Waals surface area contributed by atoms with Crippen molar-refractivity contribution in [2.45, 2.75) is 83.7 Å². The Morgan fingerprint density at radius 1 is 1.10 bits per heavy atom. The van der Waals surface area contributed by atoms with E-state index in [0.717, 1.165) is 0 Å². The Balaban J connectivity index is 1.62. The molecule has 0 bridgehead atoms. The molecule has 11 nitrogen and oxygen atoms in total. The number of halogens is 5. The van der Waals surface area contributed by atoms with Crippen molar-refractivity contribution in [3.8, 4) is 0 Å². The largest absolute Gasteiger partial charge is 0.444 e. The van der Waals surface area contributed by atoms with Gasteiger partial charge in [-0.2, -0.15) is 18.3 Å². The molecule has 4 amide bonds. The van der Waals surface area contributed by atoms with Crippen molar-refractivity contribution in [2.75, 3.05) is 19.6 Å². The molecule has 2 aromatic rings. The number of carbonyl (C=O) groups is 4. The lowest BCUT2D eigenvalue weighted by molar-refractivity contribution is -0.164. The minimum Gasteiger partial charge on any atom is -0.444 e. The number of amides is 4. The SMILES string of the molecule is CC(C)(C)OC(=O)NC(C)(C)C(=O)NC(CCc1ccc(Br)c(F)c1)C(=O)N1CCC2=NN(CC(F)(F)F)C(=O)[C@]2(Cc2ccccn2)C1. The molecule has 16 heteroatoms. The van der Waals surface area contributed by atoms with Crippen LogP contribution in [0.5, 0.6) is 0 Å². The summed E-state index contributed by atoms with van der Waals surface area (Å²) in [5.41, 5.74) is -2.84. The second-order valence-electron chi connectivity index (χ2n) is 13.7. The first-order valence-electron chi connectivity index (χ1n) is 15.6. The number of carbonyl (C=O) groups excluding carboxylic acids is 4. The highest BCUT2D eigenvalue weighted by molar-refractivity contribution is 9.10. The van der Waals surface area contributed by atoms with Crippen LogP contribution in [0.2, 0.25) is 0 Å². The number of fused-ring (bicyclic) bond motifs is 1. The Bertz CT molecular complexity index is 1610. The number of benzene rings is 1. The number of alkyl carbamates (subject to hydrolysis) is 1. The summed E-state index contributed by atoms with van der Waals surface area (Å²) in [7, 11) is 0. The molecule has 266 valence electrons. The lowest BCUT2D eigenvalue weighted by atomic mass is 9.74. The summed E-state index contributed by atoms with van der Waals surface area (Å²) in [6.45, 7) is 5.94. The zero-order chi connectivity index (χ0) is 36.4. The van der Waals surface area contributed by atoms with Crippen molar-refractivity contribution in [3.05, 3.63) is 64.1 Å². The molecule has 1 unspecified atom stereocenters. The van der Waals surface area contributed by atoms with Gasteiger partial charge in [0.25, 0.3) is 5.91 Å². The maximum absolute atomic E-state index is 14.3. The molecule has 2 N–H and O–H groups in total. The monoisotopic (exact) mass is 754 g/mol. The summed E-state index contributed by atoms with van der Waals surface area (Å²) < 4.78 is 60.1. The lowest BCUT2D eigenvalue weighted by Gasteiger charge is -2.41. The molecule has 0 aliphatic carbocycles. The molecule has 2 atom stereocenters. The molecule has 2 aliphatic heterocycles. The summed E-state index contributed by atoms with van der Waals surface area (Å²) in [6, 6.07) is 8.20. The highest BCUT2D eigenvalue weighted by atomic mass is 79.9. The van der Waals surface area contributed by atoms with Gasteiger partial charge in [0.2, 0.25) is 11.8 Å². The highest BCUT2D eigenvalue weighted by Crippen LogP contribution is 2.39. The summed E-state index contributed by atoms with van der Waals surface area (Å²) >= 11 is 3.11. The molecular formula is C33H39BrF4N6O5. The van der Waals surface area contributed by atoms with E-state index in [-0.39, 0.29) is 49.0 Å².